The molecular formula is C16H17N3O3. The number of benzene rings is 2. The van der Waals surface area contributed by atoms with Crippen LogP contribution in [-0.4, -0.2) is 18.7 Å². The molecule has 6 nitrogen and oxygen atoms in total. The minimum absolute atomic E-state index is 0.311. The molecule has 0 saturated carbocycles. The van der Waals surface area contributed by atoms with E-state index >= 15 is 0 Å². The predicted molar refractivity (Wildman–Crippen MR) is 86.2 cm³/mol. The largest absolute Gasteiger partial charge is 0.450 e. The van der Waals surface area contributed by atoms with Crippen LogP contribution in [0.15, 0.2) is 54.6 Å². The summed E-state index contributed by atoms with van der Waals surface area (Å²) < 4.78 is 4.78. The first kappa shape index (κ1) is 15.4. The number of rotatable bonds is 4. The highest BCUT2D eigenvalue weighted by molar-refractivity contribution is 5.99. The van der Waals surface area contributed by atoms with Gasteiger partial charge < -0.3 is 15.4 Å². The van der Waals surface area contributed by atoms with Crippen molar-refractivity contribution in [1.29, 1.82) is 0 Å². The van der Waals surface area contributed by atoms with Crippen LogP contribution in [-0.2, 0) is 4.74 Å². The van der Waals surface area contributed by atoms with Crippen LogP contribution in [0.4, 0.5) is 26.7 Å². The lowest BCUT2D eigenvalue weighted by molar-refractivity contribution is 0.168. The highest BCUT2D eigenvalue weighted by atomic mass is 16.5. The third-order valence-electron chi connectivity index (χ3n) is 2.70. The first-order valence-electron chi connectivity index (χ1n) is 6.84. The standard InChI is InChI=1S/C16H17N3O3/c1-2-22-16(21)19-14-10-8-13(9-11-14)18-15(20)17-12-6-4-3-5-7-12/h3-11H,2H2,1H3,(H,19,21)(H2,17,18,20). The van der Waals surface area contributed by atoms with Crippen molar-refractivity contribution < 1.29 is 14.3 Å². The maximum absolute atomic E-state index is 11.8. The second-order valence-electron chi connectivity index (χ2n) is 4.37. The molecule has 0 aromatic heterocycles. The number of carbonyl (C=O) groups excluding carboxylic acids is 2. The Labute approximate surface area is 128 Å². The number of hydrogen-bond donors (Lipinski definition) is 3. The molecule has 0 atom stereocenters. The molecule has 22 heavy (non-hydrogen) atoms. The SMILES string of the molecule is CCOC(=O)Nc1ccc(NC(=O)Nc2ccccc2)cc1. The number of para-hydroxylation sites is 1. The third-order valence-corrected chi connectivity index (χ3v) is 2.70. The van der Waals surface area contributed by atoms with Gasteiger partial charge in [-0.2, -0.15) is 0 Å². The zero-order chi connectivity index (χ0) is 15.8. The molecule has 6 heteroatoms. The lowest BCUT2D eigenvalue weighted by Crippen LogP contribution is -2.19. The van der Waals surface area contributed by atoms with Crippen molar-refractivity contribution in [2.75, 3.05) is 22.6 Å². The zero-order valence-corrected chi connectivity index (χ0v) is 12.1. The molecule has 2 aromatic rings. The van der Waals surface area contributed by atoms with E-state index in [9.17, 15) is 9.59 Å². The molecule has 0 aliphatic heterocycles. The lowest BCUT2D eigenvalue weighted by Gasteiger charge is -2.09. The highest BCUT2D eigenvalue weighted by Gasteiger charge is 2.04. The molecule has 0 saturated heterocycles. The van der Waals surface area contributed by atoms with Crippen molar-refractivity contribution in [3.8, 4) is 0 Å². The molecule has 0 radical (unpaired) electrons. The van der Waals surface area contributed by atoms with Gasteiger partial charge in [0, 0.05) is 17.1 Å². The van der Waals surface area contributed by atoms with Crippen molar-refractivity contribution >= 4 is 29.2 Å². The second-order valence-corrected chi connectivity index (χ2v) is 4.37. The molecule has 0 aliphatic carbocycles. The third kappa shape index (κ3) is 4.82. The number of anilines is 3. The van der Waals surface area contributed by atoms with E-state index in [-0.39, 0.29) is 6.03 Å². The van der Waals surface area contributed by atoms with Gasteiger partial charge in [-0.15, -0.1) is 0 Å². The summed E-state index contributed by atoms with van der Waals surface area (Å²) in [6, 6.07) is 15.5. The van der Waals surface area contributed by atoms with Crippen molar-refractivity contribution in [1.82, 2.24) is 0 Å². The van der Waals surface area contributed by atoms with E-state index in [2.05, 4.69) is 16.0 Å². The molecule has 0 aliphatic rings. The van der Waals surface area contributed by atoms with Gasteiger partial charge in [0.1, 0.15) is 0 Å². The van der Waals surface area contributed by atoms with Gasteiger partial charge in [0.25, 0.3) is 0 Å². The molecule has 0 heterocycles. The molecule has 3 amide bonds. The summed E-state index contributed by atoms with van der Waals surface area (Å²) in [5.41, 5.74) is 1.91. The van der Waals surface area contributed by atoms with Crippen LogP contribution in [0.1, 0.15) is 6.92 Å². The number of hydrogen-bond acceptors (Lipinski definition) is 3. The summed E-state index contributed by atoms with van der Waals surface area (Å²) in [6.07, 6.45) is -0.509. The maximum Gasteiger partial charge on any atom is 0.411 e. The summed E-state index contributed by atoms with van der Waals surface area (Å²) in [7, 11) is 0. The summed E-state index contributed by atoms with van der Waals surface area (Å²) in [5.74, 6) is 0. The highest BCUT2D eigenvalue weighted by Crippen LogP contribution is 2.14. The van der Waals surface area contributed by atoms with Gasteiger partial charge in [0.2, 0.25) is 0 Å². The Balaban J connectivity index is 1.88. The Morgan fingerprint density at radius 1 is 0.818 bits per heavy atom. The van der Waals surface area contributed by atoms with E-state index in [0.29, 0.717) is 23.7 Å². The van der Waals surface area contributed by atoms with Gasteiger partial charge in [-0.25, -0.2) is 9.59 Å². The summed E-state index contributed by atoms with van der Waals surface area (Å²) >= 11 is 0. The van der Waals surface area contributed by atoms with Gasteiger partial charge in [-0.05, 0) is 43.3 Å². The van der Waals surface area contributed by atoms with E-state index < -0.39 is 6.09 Å². The van der Waals surface area contributed by atoms with Crippen LogP contribution in [0.25, 0.3) is 0 Å². The average Bonchev–Trinajstić information content (AvgIpc) is 2.50. The molecule has 2 aromatic carbocycles. The number of urea groups is 1. The maximum atomic E-state index is 11.8. The van der Waals surface area contributed by atoms with Gasteiger partial charge in [0.05, 0.1) is 6.61 Å². The van der Waals surface area contributed by atoms with Crippen LogP contribution in [0.3, 0.4) is 0 Å². The van der Waals surface area contributed by atoms with Crippen LogP contribution in [0.2, 0.25) is 0 Å². The van der Waals surface area contributed by atoms with Gasteiger partial charge >= 0.3 is 12.1 Å². The molecule has 0 fully saturated rings. The van der Waals surface area contributed by atoms with E-state index in [1.165, 1.54) is 0 Å². The molecule has 0 spiro atoms. The van der Waals surface area contributed by atoms with Crippen LogP contribution < -0.4 is 16.0 Å². The minimum Gasteiger partial charge on any atom is -0.450 e. The van der Waals surface area contributed by atoms with E-state index in [4.69, 9.17) is 4.74 Å². The van der Waals surface area contributed by atoms with E-state index in [1.54, 1.807) is 43.3 Å². The monoisotopic (exact) mass is 299 g/mol. The van der Waals surface area contributed by atoms with Crippen LogP contribution in [0, 0.1) is 0 Å². The van der Waals surface area contributed by atoms with E-state index in [1.807, 2.05) is 18.2 Å². The number of ether oxygens (including phenoxy) is 1. The zero-order valence-electron chi connectivity index (χ0n) is 12.1. The second kappa shape index (κ2) is 7.68. The van der Waals surface area contributed by atoms with Crippen LogP contribution >= 0.6 is 0 Å². The Bertz CT molecular complexity index is 627. The van der Waals surface area contributed by atoms with Crippen molar-refractivity contribution in [2.24, 2.45) is 0 Å². The van der Waals surface area contributed by atoms with Gasteiger partial charge in [-0.3, -0.25) is 5.32 Å². The normalized spacial score (nSPS) is 9.68. The fraction of sp³-hybridized carbons (Fsp3) is 0.125. The summed E-state index contributed by atoms with van der Waals surface area (Å²) in [4.78, 5) is 23.1. The molecule has 114 valence electrons. The first-order valence-corrected chi connectivity index (χ1v) is 6.84. The summed E-state index contributed by atoms with van der Waals surface area (Å²) in [5, 5.41) is 7.99. The Morgan fingerprint density at radius 3 is 1.86 bits per heavy atom. The first-order chi connectivity index (χ1) is 10.7. The van der Waals surface area contributed by atoms with Crippen molar-refractivity contribution in [2.45, 2.75) is 6.92 Å². The fourth-order valence-electron chi connectivity index (χ4n) is 1.74. The number of amides is 3. The number of carbonyl (C=O) groups is 2. The van der Waals surface area contributed by atoms with Gasteiger partial charge in [-0.1, -0.05) is 18.2 Å². The Hall–Kier alpha value is -3.02. The van der Waals surface area contributed by atoms with Crippen molar-refractivity contribution in [3.05, 3.63) is 54.6 Å². The topological polar surface area (TPSA) is 79.5 Å². The average molecular weight is 299 g/mol. The predicted octanol–water partition coefficient (Wildman–Crippen LogP) is 3.90. The number of nitrogens with one attached hydrogen (secondary N) is 3. The smallest absolute Gasteiger partial charge is 0.411 e. The van der Waals surface area contributed by atoms with Gasteiger partial charge in [0.15, 0.2) is 0 Å². The van der Waals surface area contributed by atoms with E-state index in [0.717, 1.165) is 0 Å². The van der Waals surface area contributed by atoms with Crippen LogP contribution in [0.5, 0.6) is 0 Å². The molecule has 3 N–H and O–H groups in total. The molecule has 0 bridgehead atoms. The van der Waals surface area contributed by atoms with Crippen molar-refractivity contribution in [3.63, 3.8) is 0 Å². The lowest BCUT2D eigenvalue weighted by atomic mass is 10.3. The Morgan fingerprint density at radius 2 is 1.32 bits per heavy atom. The summed E-state index contributed by atoms with van der Waals surface area (Å²) in [6.45, 7) is 2.04. The molecule has 0 unspecified atom stereocenters. The quantitative estimate of drug-likeness (QED) is 0.801. The molecule has 2 rings (SSSR count). The Kier molecular flexibility index (Phi) is 5.37. The molecular weight excluding hydrogens is 282 g/mol. The minimum atomic E-state index is -0.509. The fourth-order valence-corrected chi connectivity index (χ4v) is 1.74.